The molecule has 16 heteroatoms. The van der Waals surface area contributed by atoms with Crippen molar-refractivity contribution in [3.05, 3.63) is 0 Å². The summed E-state index contributed by atoms with van der Waals surface area (Å²) in [4.78, 5) is 115. The van der Waals surface area contributed by atoms with E-state index >= 15 is 0 Å². The molecular formula is C40H70O16. The summed E-state index contributed by atoms with van der Waals surface area (Å²) in [5, 5.41) is 0. The standard InChI is InChI=1S/C40H70O16/c1-15-19-21-29(17-3)31(41)49-55-39(11,12)25-27(5)47-33(43)35(45)51-53-37(7,8)23-24-38(9,10)54-52-36(46)34(44)48-28(6)26-40(13,14)56-50-32(42)30(18-4)22-20-16-2/h27-30H,15-26H2,1-14H3. The summed E-state index contributed by atoms with van der Waals surface area (Å²) in [5.74, 6) is -6.86. The van der Waals surface area contributed by atoms with Gasteiger partial charge in [0.15, 0.2) is 0 Å². The number of hydrogen-bond donors (Lipinski definition) is 0. The van der Waals surface area contributed by atoms with Crippen LogP contribution in [0.3, 0.4) is 0 Å². The Bertz CT molecular complexity index is 1150. The van der Waals surface area contributed by atoms with E-state index in [4.69, 9.17) is 48.6 Å². The fraction of sp³-hybridized carbons (Fsp3) is 0.850. The second-order valence-electron chi connectivity index (χ2n) is 16.8. The van der Waals surface area contributed by atoms with Gasteiger partial charge in [-0.25, -0.2) is 28.8 Å². The zero-order valence-corrected chi connectivity index (χ0v) is 36.3. The van der Waals surface area contributed by atoms with Crippen LogP contribution in [0.4, 0.5) is 0 Å². The van der Waals surface area contributed by atoms with Gasteiger partial charge in [0.2, 0.25) is 0 Å². The van der Waals surface area contributed by atoms with Gasteiger partial charge in [0.1, 0.15) is 34.6 Å². The molecule has 0 N–H and O–H groups in total. The minimum absolute atomic E-state index is 0.0956. The smallest absolute Gasteiger partial charge is 0.449 e. The van der Waals surface area contributed by atoms with E-state index in [-0.39, 0.29) is 37.5 Å². The minimum atomic E-state index is -1.39. The molecule has 0 rings (SSSR count). The first-order valence-corrected chi connectivity index (χ1v) is 19.8. The predicted octanol–water partition coefficient (Wildman–Crippen LogP) is 7.86. The molecule has 16 nitrogen and oxygen atoms in total. The Kier molecular flexibility index (Phi) is 23.6. The molecular weight excluding hydrogens is 736 g/mol. The highest BCUT2D eigenvalue weighted by molar-refractivity contribution is 6.29. The molecule has 0 aliphatic carbocycles. The average Bonchev–Trinajstić information content (AvgIpc) is 3.10. The van der Waals surface area contributed by atoms with Gasteiger partial charge in [-0.2, -0.15) is 19.6 Å². The van der Waals surface area contributed by atoms with Crippen LogP contribution in [-0.4, -0.2) is 70.4 Å². The monoisotopic (exact) mass is 806 g/mol. The molecule has 0 spiro atoms. The topological polar surface area (TPSA) is 195 Å². The lowest BCUT2D eigenvalue weighted by Gasteiger charge is -2.28. The van der Waals surface area contributed by atoms with Crippen molar-refractivity contribution in [2.75, 3.05) is 0 Å². The Morgan fingerprint density at radius 1 is 0.446 bits per heavy atom. The number of carbonyl (C=O) groups excluding carboxylic acids is 6. The van der Waals surface area contributed by atoms with E-state index in [0.717, 1.165) is 25.7 Å². The molecule has 0 aromatic rings. The summed E-state index contributed by atoms with van der Waals surface area (Å²) in [6, 6.07) is 0. The normalized spacial score (nSPS) is 14.5. The largest absolute Gasteiger partial charge is 0.454 e. The molecule has 0 saturated carbocycles. The molecule has 0 heterocycles. The number of ether oxygens (including phenoxy) is 2. The molecule has 0 bridgehead atoms. The molecule has 4 atom stereocenters. The van der Waals surface area contributed by atoms with Crippen LogP contribution in [0, 0.1) is 11.8 Å². The third-order valence-electron chi connectivity index (χ3n) is 8.69. The highest BCUT2D eigenvalue weighted by atomic mass is 17.2. The van der Waals surface area contributed by atoms with Crippen LogP contribution >= 0.6 is 0 Å². The Morgan fingerprint density at radius 2 is 0.750 bits per heavy atom. The van der Waals surface area contributed by atoms with Gasteiger partial charge < -0.3 is 9.47 Å². The number of carbonyl (C=O) groups is 6. The molecule has 0 aromatic heterocycles. The summed E-state index contributed by atoms with van der Waals surface area (Å²) < 4.78 is 10.3. The van der Waals surface area contributed by atoms with E-state index in [1.807, 2.05) is 27.7 Å². The number of esters is 2. The summed E-state index contributed by atoms with van der Waals surface area (Å²) >= 11 is 0. The van der Waals surface area contributed by atoms with Crippen molar-refractivity contribution in [2.24, 2.45) is 11.8 Å². The Morgan fingerprint density at radius 3 is 1.04 bits per heavy atom. The van der Waals surface area contributed by atoms with Crippen LogP contribution in [0.25, 0.3) is 0 Å². The van der Waals surface area contributed by atoms with Crippen LogP contribution in [0.2, 0.25) is 0 Å². The minimum Gasteiger partial charge on any atom is -0.454 e. The van der Waals surface area contributed by atoms with Gasteiger partial charge in [-0.05, 0) is 108 Å². The molecule has 0 aromatic carbocycles. The molecule has 0 aliphatic rings. The van der Waals surface area contributed by atoms with Gasteiger partial charge in [-0.15, -0.1) is 0 Å². The highest BCUT2D eigenvalue weighted by Crippen LogP contribution is 2.27. The Labute approximate surface area is 333 Å². The van der Waals surface area contributed by atoms with Crippen LogP contribution in [0.1, 0.15) is 174 Å². The average molecular weight is 807 g/mol. The Hall–Kier alpha value is -3.34. The molecule has 326 valence electrons. The van der Waals surface area contributed by atoms with Crippen molar-refractivity contribution >= 4 is 35.8 Å². The third-order valence-corrected chi connectivity index (χ3v) is 8.69. The van der Waals surface area contributed by atoms with Gasteiger partial charge in [-0.3, -0.25) is 19.6 Å². The zero-order valence-electron chi connectivity index (χ0n) is 36.3. The first kappa shape index (κ1) is 52.7. The van der Waals surface area contributed by atoms with Gasteiger partial charge in [0.25, 0.3) is 0 Å². The van der Waals surface area contributed by atoms with E-state index in [1.54, 1.807) is 69.2 Å². The maximum Gasteiger partial charge on any atom is 0.449 e. The SMILES string of the molecule is CCCCC(CC)C(=O)OOC(C)(C)CC(C)OC(=O)C(=O)OOC(C)(C)CCC(C)(C)OOC(=O)C(=O)OC(C)CC(C)(C)OOC(=O)C(CC)CCCC. The van der Waals surface area contributed by atoms with Gasteiger partial charge >= 0.3 is 35.8 Å². The van der Waals surface area contributed by atoms with Crippen LogP contribution < -0.4 is 0 Å². The van der Waals surface area contributed by atoms with E-state index in [9.17, 15) is 28.8 Å². The molecule has 0 saturated heterocycles. The maximum absolute atomic E-state index is 12.4. The lowest BCUT2D eigenvalue weighted by atomic mass is 9.94. The first-order valence-electron chi connectivity index (χ1n) is 19.8. The lowest BCUT2D eigenvalue weighted by molar-refractivity contribution is -0.340. The van der Waals surface area contributed by atoms with Crippen LogP contribution in [0.15, 0.2) is 0 Å². The zero-order chi connectivity index (χ0) is 43.3. The molecule has 0 radical (unpaired) electrons. The van der Waals surface area contributed by atoms with Crippen molar-refractivity contribution in [2.45, 2.75) is 209 Å². The van der Waals surface area contributed by atoms with Crippen LogP contribution in [0.5, 0.6) is 0 Å². The maximum atomic E-state index is 12.4. The van der Waals surface area contributed by atoms with E-state index < -0.39 is 70.4 Å². The van der Waals surface area contributed by atoms with Crippen LogP contribution in [-0.2, 0) is 77.3 Å². The summed E-state index contributed by atoms with van der Waals surface area (Å²) in [7, 11) is 0. The highest BCUT2D eigenvalue weighted by Gasteiger charge is 2.35. The lowest BCUT2D eigenvalue weighted by Crippen LogP contribution is -2.36. The summed E-state index contributed by atoms with van der Waals surface area (Å²) in [6.07, 6.45) is 5.25. The fourth-order valence-electron chi connectivity index (χ4n) is 5.37. The molecule has 0 amide bonds. The first-order chi connectivity index (χ1) is 25.8. The van der Waals surface area contributed by atoms with Crippen molar-refractivity contribution in [3.8, 4) is 0 Å². The third kappa shape index (κ3) is 23.0. The van der Waals surface area contributed by atoms with E-state index in [0.29, 0.717) is 25.7 Å². The fourth-order valence-corrected chi connectivity index (χ4v) is 5.37. The van der Waals surface area contributed by atoms with E-state index in [2.05, 4.69) is 0 Å². The number of hydrogen-bond acceptors (Lipinski definition) is 16. The van der Waals surface area contributed by atoms with Crippen molar-refractivity contribution in [1.29, 1.82) is 0 Å². The number of rotatable bonds is 27. The van der Waals surface area contributed by atoms with Crippen molar-refractivity contribution in [1.82, 2.24) is 0 Å². The van der Waals surface area contributed by atoms with Crippen molar-refractivity contribution in [3.63, 3.8) is 0 Å². The molecule has 4 unspecified atom stereocenters. The summed E-state index contributed by atoms with van der Waals surface area (Å²) in [6.45, 7) is 23.9. The number of unbranched alkanes of at least 4 members (excludes halogenated alkanes) is 2. The van der Waals surface area contributed by atoms with Gasteiger partial charge in [0.05, 0.1) is 11.8 Å². The van der Waals surface area contributed by atoms with Gasteiger partial charge in [-0.1, -0.05) is 53.4 Å². The van der Waals surface area contributed by atoms with Crippen molar-refractivity contribution < 1.29 is 77.3 Å². The predicted molar refractivity (Wildman–Crippen MR) is 201 cm³/mol. The molecule has 0 aliphatic heterocycles. The van der Waals surface area contributed by atoms with E-state index in [1.165, 1.54) is 0 Å². The summed E-state index contributed by atoms with van der Waals surface area (Å²) in [5.41, 5.74) is -4.33. The second-order valence-corrected chi connectivity index (χ2v) is 16.8. The molecule has 0 fully saturated rings. The quantitative estimate of drug-likeness (QED) is 0.0336. The second kappa shape index (κ2) is 25.1. The Balaban J connectivity index is 4.75. The molecule has 56 heavy (non-hydrogen) atoms. The van der Waals surface area contributed by atoms with Gasteiger partial charge in [0, 0.05) is 12.8 Å².